The molecule has 0 aromatic heterocycles. The maximum atomic E-state index is 12.0. The number of aliphatic hydroxyl groups excluding tert-OH is 1. The summed E-state index contributed by atoms with van der Waals surface area (Å²) < 4.78 is 0. The fraction of sp³-hybridized carbons (Fsp3) is 0.667. The van der Waals surface area contributed by atoms with Gasteiger partial charge in [-0.05, 0) is 32.1 Å². The van der Waals surface area contributed by atoms with Crippen LogP contribution in [0, 0.1) is 11.8 Å². The summed E-state index contributed by atoms with van der Waals surface area (Å²) in [6.45, 7) is 0. The van der Waals surface area contributed by atoms with Crippen LogP contribution in [-0.2, 0) is 23.4 Å². The molecule has 2 nitrogen and oxygen atoms in total. The smallest absolute Gasteiger partial charge is 0.162 e. The molecule has 2 aliphatic rings. The molecule has 2 aliphatic carbocycles. The first-order chi connectivity index (χ1) is 8.27. The van der Waals surface area contributed by atoms with Crippen LogP contribution < -0.4 is 0 Å². The van der Waals surface area contributed by atoms with Crippen LogP contribution in [0.1, 0.15) is 51.4 Å². The Labute approximate surface area is 121 Å². The van der Waals surface area contributed by atoms with Gasteiger partial charge in [0.05, 0.1) is 5.76 Å². The second-order valence-electron chi connectivity index (χ2n) is 5.29. The van der Waals surface area contributed by atoms with Gasteiger partial charge in [0.15, 0.2) is 5.78 Å². The minimum absolute atomic E-state index is 0. The molecular formula is C15H22O2V. The molecule has 0 aliphatic heterocycles. The quantitative estimate of drug-likeness (QED) is 0.484. The SMILES string of the molecule is O=C(/C=C(\O)C1CC=CCC1)C1CCCCC1.[V]. The van der Waals surface area contributed by atoms with E-state index in [2.05, 4.69) is 12.2 Å². The van der Waals surface area contributed by atoms with E-state index in [0.29, 0.717) is 5.76 Å². The van der Waals surface area contributed by atoms with Crippen molar-refractivity contribution in [3.8, 4) is 0 Å². The van der Waals surface area contributed by atoms with Crippen LogP contribution in [0.5, 0.6) is 0 Å². The normalized spacial score (nSPS) is 25.6. The van der Waals surface area contributed by atoms with Gasteiger partial charge in [-0.15, -0.1) is 0 Å². The fourth-order valence-corrected chi connectivity index (χ4v) is 2.83. The standard InChI is InChI=1S/C15H22O2.V/c16-14(12-7-3-1-4-8-12)11-15(17)13-9-5-2-6-10-13;/h1,3,11-13,16H,2,4-10H2;/b14-11-;. The molecule has 99 valence electrons. The van der Waals surface area contributed by atoms with E-state index in [1.54, 1.807) is 0 Å². The van der Waals surface area contributed by atoms with Crippen molar-refractivity contribution in [3.05, 3.63) is 24.0 Å². The minimum Gasteiger partial charge on any atom is -0.512 e. The fourth-order valence-electron chi connectivity index (χ4n) is 2.83. The van der Waals surface area contributed by atoms with Crippen LogP contribution in [0.15, 0.2) is 24.0 Å². The summed E-state index contributed by atoms with van der Waals surface area (Å²) in [6, 6.07) is 0. The first kappa shape index (κ1) is 15.6. The largest absolute Gasteiger partial charge is 0.512 e. The molecule has 0 aromatic rings. The van der Waals surface area contributed by atoms with E-state index in [-0.39, 0.29) is 36.2 Å². The van der Waals surface area contributed by atoms with Gasteiger partial charge in [-0.2, -0.15) is 0 Å². The van der Waals surface area contributed by atoms with Gasteiger partial charge in [0, 0.05) is 36.5 Å². The van der Waals surface area contributed by atoms with Crippen LogP contribution in [-0.4, -0.2) is 10.9 Å². The van der Waals surface area contributed by atoms with E-state index in [0.717, 1.165) is 44.9 Å². The van der Waals surface area contributed by atoms with Crippen LogP contribution in [0.4, 0.5) is 0 Å². The summed E-state index contributed by atoms with van der Waals surface area (Å²) in [7, 11) is 0. The number of carbonyl (C=O) groups is 1. The predicted octanol–water partition coefficient (Wildman–Crippen LogP) is 3.93. The zero-order valence-corrected chi connectivity index (χ0v) is 12.2. The predicted molar refractivity (Wildman–Crippen MR) is 68.8 cm³/mol. The molecule has 1 unspecified atom stereocenters. The molecule has 3 heteroatoms. The molecule has 1 saturated carbocycles. The Morgan fingerprint density at radius 2 is 1.78 bits per heavy atom. The van der Waals surface area contributed by atoms with Crippen molar-refractivity contribution in [1.29, 1.82) is 0 Å². The average Bonchev–Trinajstić information content (AvgIpc) is 2.40. The molecule has 0 spiro atoms. The molecule has 1 fully saturated rings. The molecule has 0 bridgehead atoms. The Morgan fingerprint density at radius 3 is 2.39 bits per heavy atom. The van der Waals surface area contributed by atoms with Gasteiger partial charge < -0.3 is 5.11 Å². The van der Waals surface area contributed by atoms with Crippen LogP contribution in [0.3, 0.4) is 0 Å². The Hall–Kier alpha value is -0.466. The van der Waals surface area contributed by atoms with Crippen molar-refractivity contribution in [2.75, 3.05) is 0 Å². The second kappa shape index (κ2) is 7.86. The van der Waals surface area contributed by atoms with Crippen molar-refractivity contribution in [2.24, 2.45) is 11.8 Å². The van der Waals surface area contributed by atoms with Gasteiger partial charge in [0.2, 0.25) is 0 Å². The molecule has 0 amide bonds. The molecule has 2 rings (SSSR count). The number of allylic oxidation sites excluding steroid dienone is 4. The number of carbonyl (C=O) groups excluding carboxylic acids is 1. The van der Waals surface area contributed by atoms with Crippen LogP contribution in [0.25, 0.3) is 0 Å². The monoisotopic (exact) mass is 285 g/mol. The number of hydrogen-bond acceptors (Lipinski definition) is 2. The van der Waals surface area contributed by atoms with Crippen molar-refractivity contribution >= 4 is 5.78 Å². The number of aliphatic hydroxyl groups is 1. The van der Waals surface area contributed by atoms with Gasteiger partial charge in [-0.3, -0.25) is 4.79 Å². The topological polar surface area (TPSA) is 37.3 Å². The molecule has 1 radical (unpaired) electrons. The van der Waals surface area contributed by atoms with E-state index in [1.807, 2.05) is 0 Å². The maximum absolute atomic E-state index is 12.0. The van der Waals surface area contributed by atoms with Crippen molar-refractivity contribution in [3.63, 3.8) is 0 Å². The zero-order chi connectivity index (χ0) is 12.1. The van der Waals surface area contributed by atoms with Crippen LogP contribution in [0.2, 0.25) is 0 Å². The molecule has 1 N–H and O–H groups in total. The molecule has 1 atom stereocenters. The van der Waals surface area contributed by atoms with Gasteiger partial charge in [0.1, 0.15) is 0 Å². The van der Waals surface area contributed by atoms with Gasteiger partial charge in [-0.25, -0.2) is 0 Å². The summed E-state index contributed by atoms with van der Waals surface area (Å²) in [5.74, 6) is 0.805. The third kappa shape index (κ3) is 4.33. The summed E-state index contributed by atoms with van der Waals surface area (Å²) >= 11 is 0. The van der Waals surface area contributed by atoms with E-state index in [4.69, 9.17) is 0 Å². The van der Waals surface area contributed by atoms with Crippen molar-refractivity contribution in [2.45, 2.75) is 51.4 Å². The van der Waals surface area contributed by atoms with E-state index < -0.39 is 0 Å². The molecule has 18 heavy (non-hydrogen) atoms. The number of rotatable bonds is 3. The first-order valence-electron chi connectivity index (χ1n) is 6.87. The summed E-state index contributed by atoms with van der Waals surface area (Å²) in [6.07, 6.45) is 14.2. The van der Waals surface area contributed by atoms with E-state index in [9.17, 15) is 9.90 Å². The molecule has 0 aromatic carbocycles. The molecular weight excluding hydrogens is 263 g/mol. The van der Waals surface area contributed by atoms with Gasteiger partial charge in [0.25, 0.3) is 0 Å². The van der Waals surface area contributed by atoms with E-state index in [1.165, 1.54) is 12.5 Å². The third-order valence-electron chi connectivity index (χ3n) is 3.99. The Balaban J connectivity index is 0.00000162. The van der Waals surface area contributed by atoms with Gasteiger partial charge >= 0.3 is 0 Å². The Morgan fingerprint density at radius 1 is 1.06 bits per heavy atom. The average molecular weight is 285 g/mol. The summed E-state index contributed by atoms with van der Waals surface area (Å²) in [5.41, 5.74) is 0. The number of ketones is 1. The van der Waals surface area contributed by atoms with Gasteiger partial charge in [-0.1, -0.05) is 31.4 Å². The number of hydrogen-bond donors (Lipinski definition) is 1. The Bertz CT molecular complexity index is 327. The van der Waals surface area contributed by atoms with Crippen molar-refractivity contribution < 1.29 is 28.5 Å². The molecule has 0 saturated heterocycles. The Kier molecular flexibility index (Phi) is 6.81. The molecule has 0 heterocycles. The van der Waals surface area contributed by atoms with E-state index >= 15 is 0 Å². The summed E-state index contributed by atoms with van der Waals surface area (Å²) in [4.78, 5) is 12.0. The third-order valence-corrected chi connectivity index (χ3v) is 3.99. The second-order valence-corrected chi connectivity index (χ2v) is 5.29. The first-order valence-corrected chi connectivity index (χ1v) is 6.87. The van der Waals surface area contributed by atoms with Crippen molar-refractivity contribution in [1.82, 2.24) is 0 Å². The zero-order valence-electron chi connectivity index (χ0n) is 10.8. The minimum atomic E-state index is 0. The maximum Gasteiger partial charge on any atom is 0.162 e. The summed E-state index contributed by atoms with van der Waals surface area (Å²) in [5, 5.41) is 9.98. The van der Waals surface area contributed by atoms with Crippen LogP contribution >= 0.6 is 0 Å².